The van der Waals surface area contributed by atoms with Crippen LogP contribution in [-0.2, 0) is 11.2 Å². The van der Waals surface area contributed by atoms with Crippen LogP contribution in [0.4, 0.5) is 8.78 Å². The van der Waals surface area contributed by atoms with Crippen molar-refractivity contribution < 1.29 is 13.6 Å². The second-order valence-electron chi connectivity index (χ2n) is 4.80. The van der Waals surface area contributed by atoms with Crippen molar-refractivity contribution >= 4 is 21.8 Å². The van der Waals surface area contributed by atoms with Gasteiger partial charge in [0.05, 0.1) is 12.6 Å². The number of halogens is 3. The zero-order valence-electron chi connectivity index (χ0n) is 10.3. The Morgan fingerprint density at radius 2 is 2.05 bits per heavy atom. The molecular formula is C13H15BrF2N2O. The lowest BCUT2D eigenvalue weighted by molar-refractivity contribution is -0.133. The zero-order chi connectivity index (χ0) is 14.0. The first-order chi connectivity index (χ1) is 8.87. The Labute approximate surface area is 118 Å². The van der Waals surface area contributed by atoms with Crippen molar-refractivity contribution in [3.63, 3.8) is 0 Å². The molecule has 19 heavy (non-hydrogen) atoms. The van der Waals surface area contributed by atoms with E-state index in [9.17, 15) is 13.6 Å². The number of carbonyl (C=O) groups excluding carboxylic acids is 1. The number of amides is 1. The van der Waals surface area contributed by atoms with E-state index in [-0.39, 0.29) is 13.0 Å². The van der Waals surface area contributed by atoms with E-state index in [1.54, 1.807) is 0 Å². The summed E-state index contributed by atoms with van der Waals surface area (Å²) in [5, 5.41) is 0. The van der Waals surface area contributed by atoms with Crippen molar-refractivity contribution in [3.05, 3.63) is 34.3 Å². The molecule has 2 rings (SSSR count). The van der Waals surface area contributed by atoms with E-state index in [0.717, 1.165) is 14.9 Å². The lowest BCUT2D eigenvalue weighted by Crippen LogP contribution is -2.44. The zero-order valence-corrected chi connectivity index (χ0v) is 11.9. The molecule has 1 aliphatic rings. The number of rotatable bonds is 3. The number of hydrogen-bond donors (Lipinski definition) is 1. The third kappa shape index (κ3) is 3.73. The molecule has 1 fully saturated rings. The lowest BCUT2D eigenvalue weighted by Gasteiger charge is -2.20. The number of hydrogen-bond acceptors (Lipinski definition) is 2. The molecule has 0 spiro atoms. The molecule has 0 radical (unpaired) electrons. The molecule has 1 aliphatic heterocycles. The van der Waals surface area contributed by atoms with Crippen molar-refractivity contribution in [2.45, 2.75) is 24.8 Å². The summed E-state index contributed by atoms with van der Waals surface area (Å²) in [5.41, 5.74) is 6.72. The maximum atomic E-state index is 13.0. The maximum absolute atomic E-state index is 13.0. The van der Waals surface area contributed by atoms with Crippen molar-refractivity contribution in [3.8, 4) is 0 Å². The predicted octanol–water partition coefficient (Wildman–Crippen LogP) is 2.19. The molecule has 0 aromatic heterocycles. The van der Waals surface area contributed by atoms with E-state index < -0.39 is 24.4 Å². The van der Waals surface area contributed by atoms with Gasteiger partial charge in [-0.15, -0.1) is 0 Å². The van der Waals surface area contributed by atoms with Gasteiger partial charge in [-0.1, -0.05) is 28.1 Å². The van der Waals surface area contributed by atoms with Gasteiger partial charge in [0.25, 0.3) is 5.92 Å². The molecular weight excluding hydrogens is 318 g/mol. The van der Waals surface area contributed by atoms with E-state index in [4.69, 9.17) is 5.73 Å². The summed E-state index contributed by atoms with van der Waals surface area (Å²) in [6.45, 7) is -0.431. The molecule has 1 aromatic carbocycles. The summed E-state index contributed by atoms with van der Waals surface area (Å²) in [4.78, 5) is 13.1. The monoisotopic (exact) mass is 332 g/mol. The summed E-state index contributed by atoms with van der Waals surface area (Å²) in [6.07, 6.45) is 0.0813. The Kier molecular flexibility index (Phi) is 4.20. The molecule has 0 aliphatic carbocycles. The fourth-order valence-corrected chi connectivity index (χ4v) is 2.38. The van der Waals surface area contributed by atoms with Crippen LogP contribution in [0.3, 0.4) is 0 Å². The van der Waals surface area contributed by atoms with Crippen molar-refractivity contribution in [2.75, 3.05) is 13.1 Å². The fourth-order valence-electron chi connectivity index (χ4n) is 2.12. The van der Waals surface area contributed by atoms with Crippen molar-refractivity contribution in [2.24, 2.45) is 5.73 Å². The van der Waals surface area contributed by atoms with Crippen LogP contribution >= 0.6 is 15.9 Å². The summed E-state index contributed by atoms with van der Waals surface area (Å²) in [5.74, 6) is -3.17. The maximum Gasteiger partial charge on any atom is 0.267 e. The molecule has 104 valence electrons. The molecule has 1 unspecified atom stereocenters. The molecule has 1 atom stereocenters. The van der Waals surface area contributed by atoms with Crippen LogP contribution in [0.25, 0.3) is 0 Å². The third-order valence-corrected chi connectivity index (χ3v) is 3.70. The first kappa shape index (κ1) is 14.4. The predicted molar refractivity (Wildman–Crippen MR) is 72.0 cm³/mol. The van der Waals surface area contributed by atoms with Crippen LogP contribution in [0.5, 0.6) is 0 Å². The second kappa shape index (κ2) is 5.54. The Morgan fingerprint density at radius 1 is 1.42 bits per heavy atom. The minimum Gasteiger partial charge on any atom is -0.335 e. The Morgan fingerprint density at radius 3 is 2.58 bits per heavy atom. The molecule has 6 heteroatoms. The quantitative estimate of drug-likeness (QED) is 0.922. The fraction of sp³-hybridized carbons (Fsp3) is 0.462. The van der Waals surface area contributed by atoms with Gasteiger partial charge in [0.2, 0.25) is 5.91 Å². The summed E-state index contributed by atoms with van der Waals surface area (Å²) in [6, 6.07) is 6.66. The van der Waals surface area contributed by atoms with Crippen LogP contribution in [0.2, 0.25) is 0 Å². The molecule has 1 amide bonds. The first-order valence-corrected chi connectivity index (χ1v) is 6.83. The van der Waals surface area contributed by atoms with Crippen LogP contribution in [0.15, 0.2) is 28.7 Å². The largest absolute Gasteiger partial charge is 0.335 e. The standard InChI is InChI=1S/C13H15BrF2N2O/c14-10-3-1-9(2-4-10)7-11(17)12(19)18-6-5-13(15,16)8-18/h1-4,11H,5-8,17H2. The second-order valence-corrected chi connectivity index (χ2v) is 5.72. The van der Waals surface area contributed by atoms with Gasteiger partial charge >= 0.3 is 0 Å². The highest BCUT2D eigenvalue weighted by molar-refractivity contribution is 9.10. The smallest absolute Gasteiger partial charge is 0.267 e. The number of carbonyl (C=O) groups is 1. The first-order valence-electron chi connectivity index (χ1n) is 6.04. The Balaban J connectivity index is 1.94. The summed E-state index contributed by atoms with van der Waals surface area (Å²) < 4.78 is 27.0. The van der Waals surface area contributed by atoms with Gasteiger partial charge in [0, 0.05) is 17.4 Å². The molecule has 1 heterocycles. The van der Waals surface area contributed by atoms with E-state index in [0.29, 0.717) is 6.42 Å². The van der Waals surface area contributed by atoms with E-state index in [2.05, 4.69) is 15.9 Å². The van der Waals surface area contributed by atoms with Crippen molar-refractivity contribution in [1.29, 1.82) is 0 Å². The van der Waals surface area contributed by atoms with Gasteiger partial charge in [-0.25, -0.2) is 8.78 Å². The number of alkyl halides is 2. The number of benzene rings is 1. The van der Waals surface area contributed by atoms with Gasteiger partial charge in [-0.3, -0.25) is 4.79 Å². The highest BCUT2D eigenvalue weighted by atomic mass is 79.9. The van der Waals surface area contributed by atoms with E-state index in [1.807, 2.05) is 24.3 Å². The third-order valence-electron chi connectivity index (χ3n) is 3.17. The van der Waals surface area contributed by atoms with Gasteiger partial charge in [0.1, 0.15) is 0 Å². The summed E-state index contributed by atoms with van der Waals surface area (Å²) in [7, 11) is 0. The van der Waals surface area contributed by atoms with Crippen molar-refractivity contribution in [1.82, 2.24) is 4.90 Å². The van der Waals surface area contributed by atoms with Gasteiger partial charge in [-0.05, 0) is 24.1 Å². The lowest BCUT2D eigenvalue weighted by atomic mass is 10.1. The molecule has 2 N–H and O–H groups in total. The summed E-state index contributed by atoms with van der Waals surface area (Å²) >= 11 is 3.32. The Hall–Kier alpha value is -1.01. The van der Waals surface area contributed by atoms with Gasteiger partial charge in [-0.2, -0.15) is 0 Å². The minimum atomic E-state index is -2.77. The van der Waals surface area contributed by atoms with Crippen LogP contribution < -0.4 is 5.73 Å². The molecule has 1 saturated heterocycles. The molecule has 0 bridgehead atoms. The highest BCUT2D eigenvalue weighted by Gasteiger charge is 2.41. The highest BCUT2D eigenvalue weighted by Crippen LogP contribution is 2.27. The Bertz CT molecular complexity index is 464. The van der Waals surface area contributed by atoms with Crippen LogP contribution in [-0.4, -0.2) is 35.9 Å². The molecule has 1 aromatic rings. The molecule has 3 nitrogen and oxygen atoms in total. The SMILES string of the molecule is NC(Cc1ccc(Br)cc1)C(=O)N1CCC(F)(F)C1. The van der Waals surface area contributed by atoms with E-state index >= 15 is 0 Å². The number of nitrogens with two attached hydrogens (primary N) is 1. The topological polar surface area (TPSA) is 46.3 Å². The minimum absolute atomic E-state index is 0.0832. The number of nitrogens with zero attached hydrogens (tertiary/aromatic N) is 1. The van der Waals surface area contributed by atoms with Gasteiger partial charge < -0.3 is 10.6 Å². The van der Waals surface area contributed by atoms with E-state index in [1.165, 1.54) is 0 Å². The average molecular weight is 333 g/mol. The van der Waals surface area contributed by atoms with Crippen LogP contribution in [0, 0.1) is 0 Å². The molecule has 0 saturated carbocycles. The average Bonchev–Trinajstić information content (AvgIpc) is 2.71. The number of likely N-dealkylation sites (tertiary alicyclic amines) is 1. The van der Waals surface area contributed by atoms with Crippen LogP contribution in [0.1, 0.15) is 12.0 Å². The van der Waals surface area contributed by atoms with Gasteiger partial charge in [0.15, 0.2) is 0 Å². The normalized spacial score (nSPS) is 19.5.